The minimum Gasteiger partial charge on any atom is -0.456 e. The second-order valence-corrected chi connectivity index (χ2v) is 5.69. The average molecular weight is 357 g/mol. The maximum Gasteiger partial charge on any atom is 0.325 e. The number of hydrogen-bond acceptors (Lipinski definition) is 4. The smallest absolute Gasteiger partial charge is 0.325 e. The van der Waals surface area contributed by atoms with Gasteiger partial charge in [0.1, 0.15) is 12.4 Å². The third kappa shape index (κ3) is 5.51. The number of Topliss-reactive ketones (excluding diaryl/α,β-unsaturated/α-hetero) is 1. The first kappa shape index (κ1) is 19.3. The number of aryl methyl sites for hydroxylation is 1. The lowest BCUT2D eigenvalue weighted by molar-refractivity contribution is -0.141. The molecule has 2 aromatic rings. The minimum absolute atomic E-state index is 0.163. The highest BCUT2D eigenvalue weighted by atomic mass is 19.1. The van der Waals surface area contributed by atoms with Gasteiger partial charge in [-0.1, -0.05) is 49.7 Å². The summed E-state index contributed by atoms with van der Waals surface area (Å²) < 4.78 is 18.3. The van der Waals surface area contributed by atoms with Crippen LogP contribution in [0.15, 0.2) is 48.5 Å². The molecule has 0 aliphatic rings. The second-order valence-electron chi connectivity index (χ2n) is 5.69. The van der Waals surface area contributed by atoms with E-state index < -0.39 is 30.8 Å². The Morgan fingerprint density at radius 1 is 1.04 bits per heavy atom. The summed E-state index contributed by atoms with van der Waals surface area (Å²) in [5, 5.41) is 2.26. The molecular weight excluding hydrogens is 337 g/mol. The van der Waals surface area contributed by atoms with Crippen molar-refractivity contribution in [3.8, 4) is 0 Å². The summed E-state index contributed by atoms with van der Waals surface area (Å²) in [5.41, 5.74) is 1.42. The third-order valence-electron chi connectivity index (χ3n) is 3.69. The molecule has 2 rings (SSSR count). The lowest BCUT2D eigenvalue weighted by Gasteiger charge is -2.07. The topological polar surface area (TPSA) is 72.5 Å². The van der Waals surface area contributed by atoms with Crippen LogP contribution in [0.5, 0.6) is 0 Å². The number of amides is 1. The van der Waals surface area contributed by atoms with Crippen LogP contribution in [0.3, 0.4) is 0 Å². The number of nitrogens with one attached hydrogen (secondary N) is 1. The molecule has 0 fully saturated rings. The summed E-state index contributed by atoms with van der Waals surface area (Å²) in [5.74, 6) is -2.51. The Bertz CT molecular complexity index is 787. The van der Waals surface area contributed by atoms with E-state index in [2.05, 4.69) is 12.2 Å². The maximum absolute atomic E-state index is 13.5. The number of benzene rings is 2. The molecule has 5 nitrogen and oxygen atoms in total. The lowest BCUT2D eigenvalue weighted by Crippen LogP contribution is -2.32. The molecule has 136 valence electrons. The number of carbonyl (C=O) groups is 3. The summed E-state index contributed by atoms with van der Waals surface area (Å²) in [7, 11) is 0. The van der Waals surface area contributed by atoms with Crippen molar-refractivity contribution in [2.24, 2.45) is 0 Å². The number of halogens is 1. The molecule has 0 saturated carbocycles. The van der Waals surface area contributed by atoms with Crippen molar-refractivity contribution in [1.82, 2.24) is 5.32 Å². The Kier molecular flexibility index (Phi) is 7.02. The summed E-state index contributed by atoms with van der Waals surface area (Å²) in [4.78, 5) is 35.5. The number of ether oxygens (including phenoxy) is 1. The van der Waals surface area contributed by atoms with Crippen LogP contribution in [0.4, 0.5) is 4.39 Å². The molecule has 2 aromatic carbocycles. The summed E-state index contributed by atoms with van der Waals surface area (Å²) in [6, 6.07) is 12.6. The number of hydrogen-bond donors (Lipinski definition) is 1. The van der Waals surface area contributed by atoms with Crippen molar-refractivity contribution in [3.63, 3.8) is 0 Å². The van der Waals surface area contributed by atoms with Crippen LogP contribution in [0, 0.1) is 5.82 Å². The van der Waals surface area contributed by atoms with Crippen LogP contribution in [-0.4, -0.2) is 30.8 Å². The molecule has 0 aromatic heterocycles. The SMILES string of the molecule is CCCc1ccc(C(=O)COC(=O)CNC(=O)c2ccccc2F)cc1. The van der Waals surface area contributed by atoms with Crippen LogP contribution in [0.2, 0.25) is 0 Å². The Balaban J connectivity index is 1.78. The fourth-order valence-electron chi connectivity index (χ4n) is 2.32. The zero-order chi connectivity index (χ0) is 18.9. The Labute approximate surface area is 151 Å². The molecule has 1 amide bonds. The van der Waals surface area contributed by atoms with Gasteiger partial charge in [-0.15, -0.1) is 0 Å². The van der Waals surface area contributed by atoms with E-state index in [4.69, 9.17) is 4.74 Å². The molecule has 6 heteroatoms. The molecule has 0 spiro atoms. The normalized spacial score (nSPS) is 10.2. The van der Waals surface area contributed by atoms with Gasteiger partial charge in [0.2, 0.25) is 0 Å². The van der Waals surface area contributed by atoms with Gasteiger partial charge < -0.3 is 10.1 Å². The molecule has 0 heterocycles. The van der Waals surface area contributed by atoms with Gasteiger partial charge in [0.05, 0.1) is 5.56 Å². The fraction of sp³-hybridized carbons (Fsp3) is 0.250. The van der Waals surface area contributed by atoms with Crippen LogP contribution in [0.25, 0.3) is 0 Å². The van der Waals surface area contributed by atoms with Crippen molar-refractivity contribution in [3.05, 3.63) is 71.0 Å². The van der Waals surface area contributed by atoms with E-state index in [-0.39, 0.29) is 11.3 Å². The predicted molar refractivity (Wildman–Crippen MR) is 94.5 cm³/mol. The summed E-state index contributed by atoms with van der Waals surface area (Å²) in [6.45, 7) is 1.21. The number of carbonyl (C=O) groups excluding carboxylic acids is 3. The molecule has 0 aliphatic carbocycles. The second kappa shape index (κ2) is 9.46. The van der Waals surface area contributed by atoms with E-state index in [0.717, 1.165) is 24.5 Å². The lowest BCUT2D eigenvalue weighted by atomic mass is 10.1. The van der Waals surface area contributed by atoms with E-state index in [1.54, 1.807) is 12.1 Å². The quantitative estimate of drug-likeness (QED) is 0.582. The molecule has 0 unspecified atom stereocenters. The van der Waals surface area contributed by atoms with Crippen LogP contribution in [0.1, 0.15) is 39.6 Å². The molecule has 26 heavy (non-hydrogen) atoms. The van der Waals surface area contributed by atoms with E-state index >= 15 is 0 Å². The van der Waals surface area contributed by atoms with Crippen LogP contribution < -0.4 is 5.32 Å². The average Bonchev–Trinajstić information content (AvgIpc) is 2.65. The Hall–Kier alpha value is -3.02. The summed E-state index contributed by atoms with van der Waals surface area (Å²) >= 11 is 0. The van der Waals surface area contributed by atoms with E-state index in [9.17, 15) is 18.8 Å². The van der Waals surface area contributed by atoms with Crippen molar-refractivity contribution in [2.75, 3.05) is 13.2 Å². The largest absolute Gasteiger partial charge is 0.456 e. The third-order valence-corrected chi connectivity index (χ3v) is 3.69. The van der Waals surface area contributed by atoms with Gasteiger partial charge in [-0.25, -0.2) is 4.39 Å². The zero-order valence-corrected chi connectivity index (χ0v) is 14.5. The van der Waals surface area contributed by atoms with Gasteiger partial charge in [-0.05, 0) is 24.1 Å². The number of rotatable bonds is 8. The van der Waals surface area contributed by atoms with E-state index in [0.29, 0.717) is 5.56 Å². The van der Waals surface area contributed by atoms with Gasteiger partial charge in [0.15, 0.2) is 12.4 Å². The van der Waals surface area contributed by atoms with Gasteiger partial charge in [-0.3, -0.25) is 14.4 Å². The van der Waals surface area contributed by atoms with E-state index in [1.165, 1.54) is 18.2 Å². The van der Waals surface area contributed by atoms with Crippen LogP contribution >= 0.6 is 0 Å². The fourth-order valence-corrected chi connectivity index (χ4v) is 2.32. The van der Waals surface area contributed by atoms with Gasteiger partial charge in [0, 0.05) is 5.56 Å². The molecule has 0 bridgehead atoms. The predicted octanol–water partition coefficient (Wildman–Crippen LogP) is 2.93. The number of esters is 1. The highest BCUT2D eigenvalue weighted by Crippen LogP contribution is 2.08. The monoisotopic (exact) mass is 357 g/mol. The minimum atomic E-state index is -0.773. The van der Waals surface area contributed by atoms with Crippen molar-refractivity contribution in [2.45, 2.75) is 19.8 Å². The Morgan fingerprint density at radius 3 is 2.38 bits per heavy atom. The first-order valence-electron chi connectivity index (χ1n) is 8.31. The highest BCUT2D eigenvalue weighted by molar-refractivity contribution is 5.98. The molecule has 0 radical (unpaired) electrons. The highest BCUT2D eigenvalue weighted by Gasteiger charge is 2.14. The molecular formula is C20H20FNO4. The molecule has 0 aliphatic heterocycles. The van der Waals surface area contributed by atoms with Gasteiger partial charge >= 0.3 is 5.97 Å². The van der Waals surface area contributed by atoms with Crippen molar-refractivity contribution >= 4 is 17.7 Å². The Morgan fingerprint density at radius 2 is 1.73 bits per heavy atom. The molecule has 1 N–H and O–H groups in total. The van der Waals surface area contributed by atoms with Crippen LogP contribution in [-0.2, 0) is 16.0 Å². The molecule has 0 atom stereocenters. The first-order valence-corrected chi connectivity index (χ1v) is 8.31. The standard InChI is InChI=1S/C20H20FNO4/c1-2-5-14-8-10-15(11-9-14)18(23)13-26-19(24)12-22-20(25)16-6-3-4-7-17(16)21/h3-4,6-11H,2,5,12-13H2,1H3,(H,22,25). The maximum atomic E-state index is 13.5. The molecule has 0 saturated heterocycles. The van der Waals surface area contributed by atoms with Crippen molar-refractivity contribution in [1.29, 1.82) is 0 Å². The number of ketones is 1. The van der Waals surface area contributed by atoms with E-state index in [1.807, 2.05) is 12.1 Å². The summed E-state index contributed by atoms with van der Waals surface area (Å²) in [6.07, 6.45) is 1.95. The zero-order valence-electron chi connectivity index (χ0n) is 14.5. The van der Waals surface area contributed by atoms with Gasteiger partial charge in [-0.2, -0.15) is 0 Å². The first-order chi connectivity index (χ1) is 12.5. The van der Waals surface area contributed by atoms with Crippen molar-refractivity contribution < 1.29 is 23.5 Å². The van der Waals surface area contributed by atoms with Gasteiger partial charge in [0.25, 0.3) is 5.91 Å².